The van der Waals surface area contributed by atoms with E-state index in [1.165, 1.54) is 32.4 Å². The van der Waals surface area contributed by atoms with Gasteiger partial charge in [-0.2, -0.15) is 4.31 Å². The highest BCUT2D eigenvalue weighted by molar-refractivity contribution is 7.89. The second-order valence-electron chi connectivity index (χ2n) is 5.81. The molecule has 0 bridgehead atoms. The maximum absolute atomic E-state index is 12.5. The van der Waals surface area contributed by atoms with Crippen molar-refractivity contribution in [2.45, 2.75) is 11.8 Å². The van der Waals surface area contributed by atoms with Gasteiger partial charge in [-0.25, -0.2) is 8.42 Å². The summed E-state index contributed by atoms with van der Waals surface area (Å²) in [5.74, 6) is -0.728. The van der Waals surface area contributed by atoms with Gasteiger partial charge in [-0.1, -0.05) is 23.8 Å². The van der Waals surface area contributed by atoms with E-state index < -0.39 is 28.4 Å². The molecular formula is C18H21N3O5S. The molecule has 0 aliphatic carbocycles. The van der Waals surface area contributed by atoms with E-state index in [9.17, 15) is 18.0 Å². The van der Waals surface area contributed by atoms with Crippen LogP contribution in [-0.4, -0.2) is 45.2 Å². The smallest absolute Gasteiger partial charge is 0.269 e. The Hall–Kier alpha value is -2.91. The lowest BCUT2D eigenvalue weighted by Gasteiger charge is -2.17. The van der Waals surface area contributed by atoms with Gasteiger partial charge in [0.25, 0.3) is 11.8 Å². The van der Waals surface area contributed by atoms with Crippen LogP contribution in [0.4, 0.5) is 0 Å². The fourth-order valence-electron chi connectivity index (χ4n) is 2.18. The Balaban J connectivity index is 1.94. The molecule has 0 atom stereocenters. The molecule has 2 rings (SSSR count). The second-order valence-corrected chi connectivity index (χ2v) is 7.85. The van der Waals surface area contributed by atoms with Crippen molar-refractivity contribution in [3.8, 4) is 5.75 Å². The molecule has 2 aromatic carbocycles. The van der Waals surface area contributed by atoms with E-state index in [0.29, 0.717) is 5.75 Å². The molecular weight excluding hydrogens is 370 g/mol. The molecule has 0 fully saturated rings. The molecule has 2 N–H and O–H groups in total. The summed E-state index contributed by atoms with van der Waals surface area (Å²) < 4.78 is 30.8. The minimum Gasteiger partial charge on any atom is -0.497 e. The van der Waals surface area contributed by atoms with Crippen LogP contribution in [0.5, 0.6) is 5.75 Å². The molecule has 0 heterocycles. The number of nitrogens with zero attached hydrogens (tertiary/aromatic N) is 1. The zero-order valence-corrected chi connectivity index (χ0v) is 16.0. The largest absolute Gasteiger partial charge is 0.497 e. The zero-order valence-electron chi connectivity index (χ0n) is 15.2. The molecule has 0 saturated carbocycles. The van der Waals surface area contributed by atoms with E-state index in [2.05, 4.69) is 10.9 Å². The monoisotopic (exact) mass is 391 g/mol. The van der Waals surface area contributed by atoms with E-state index in [0.717, 1.165) is 9.87 Å². The van der Waals surface area contributed by atoms with Gasteiger partial charge in [0.15, 0.2) is 0 Å². The predicted octanol–water partition coefficient (Wildman–Crippen LogP) is 1.09. The van der Waals surface area contributed by atoms with Gasteiger partial charge in [-0.15, -0.1) is 0 Å². The van der Waals surface area contributed by atoms with E-state index in [4.69, 9.17) is 4.74 Å². The third-order valence-electron chi connectivity index (χ3n) is 3.74. The van der Waals surface area contributed by atoms with Gasteiger partial charge in [0.05, 0.1) is 18.6 Å². The maximum Gasteiger partial charge on any atom is 0.269 e. The molecule has 0 aliphatic rings. The van der Waals surface area contributed by atoms with Gasteiger partial charge in [0.2, 0.25) is 10.0 Å². The molecule has 8 nitrogen and oxygen atoms in total. The molecule has 144 valence electrons. The number of carbonyl (C=O) groups is 2. The van der Waals surface area contributed by atoms with Crippen LogP contribution >= 0.6 is 0 Å². The third-order valence-corrected chi connectivity index (χ3v) is 5.56. The summed E-state index contributed by atoms with van der Waals surface area (Å²) in [5, 5.41) is 0. The van der Waals surface area contributed by atoms with Crippen molar-refractivity contribution in [3.63, 3.8) is 0 Å². The minimum absolute atomic E-state index is 0.0869. The van der Waals surface area contributed by atoms with Crippen molar-refractivity contribution in [2.75, 3.05) is 20.7 Å². The zero-order chi connectivity index (χ0) is 20.0. The molecule has 0 spiro atoms. The average Bonchev–Trinajstić information content (AvgIpc) is 2.66. The number of nitrogens with one attached hydrogen (secondary N) is 2. The summed E-state index contributed by atoms with van der Waals surface area (Å²) in [6.45, 7) is 1.40. The van der Waals surface area contributed by atoms with Crippen LogP contribution < -0.4 is 15.6 Å². The molecule has 9 heteroatoms. The predicted molar refractivity (Wildman–Crippen MR) is 99.6 cm³/mol. The van der Waals surface area contributed by atoms with E-state index in [1.54, 1.807) is 30.3 Å². The van der Waals surface area contributed by atoms with Crippen LogP contribution in [0.3, 0.4) is 0 Å². The second kappa shape index (κ2) is 8.65. The first kappa shape index (κ1) is 20.4. The van der Waals surface area contributed by atoms with Crippen LogP contribution in [0.2, 0.25) is 0 Å². The van der Waals surface area contributed by atoms with Gasteiger partial charge >= 0.3 is 0 Å². The number of benzene rings is 2. The van der Waals surface area contributed by atoms with Crippen LogP contribution in [-0.2, 0) is 14.8 Å². The van der Waals surface area contributed by atoms with Crippen molar-refractivity contribution in [1.82, 2.24) is 15.2 Å². The number of likely N-dealkylation sites (N-methyl/N-ethyl adjacent to an activating group) is 1. The Kier molecular flexibility index (Phi) is 6.54. The fourth-order valence-corrected chi connectivity index (χ4v) is 3.31. The summed E-state index contributed by atoms with van der Waals surface area (Å²) >= 11 is 0. The van der Waals surface area contributed by atoms with Crippen LogP contribution in [0.25, 0.3) is 0 Å². The molecule has 0 aromatic heterocycles. The molecule has 0 saturated heterocycles. The highest BCUT2D eigenvalue weighted by Crippen LogP contribution is 2.15. The lowest BCUT2D eigenvalue weighted by Crippen LogP contribution is -2.46. The normalized spacial score (nSPS) is 11.1. The van der Waals surface area contributed by atoms with Crippen LogP contribution in [0, 0.1) is 6.92 Å². The number of carbonyl (C=O) groups excluding carboxylic acids is 2. The summed E-state index contributed by atoms with van der Waals surface area (Å²) in [5.41, 5.74) is 5.65. The quantitative estimate of drug-likeness (QED) is 0.717. The number of amides is 2. The first-order chi connectivity index (χ1) is 12.7. The Morgan fingerprint density at radius 3 is 2.37 bits per heavy atom. The summed E-state index contributed by atoms with van der Waals surface area (Å²) in [7, 11) is -1.04. The number of aryl methyl sites for hydroxylation is 1. The third kappa shape index (κ3) is 5.28. The molecule has 27 heavy (non-hydrogen) atoms. The number of rotatable bonds is 6. The Morgan fingerprint density at radius 2 is 1.74 bits per heavy atom. The molecule has 2 amide bonds. The number of hydrazine groups is 1. The van der Waals surface area contributed by atoms with E-state index in [-0.39, 0.29) is 10.5 Å². The molecule has 0 unspecified atom stereocenters. The number of ether oxygens (including phenoxy) is 1. The standard InChI is InChI=1S/C18H21N3O5S/c1-13-7-9-16(10-8-13)27(24,25)21(2)12-17(22)19-20-18(23)14-5-4-6-15(11-14)26-3/h4-11H,12H2,1-3H3,(H,19,22)(H,20,23). The van der Waals surface area contributed by atoms with Crippen molar-refractivity contribution in [3.05, 3.63) is 59.7 Å². The Morgan fingerprint density at radius 1 is 1.07 bits per heavy atom. The summed E-state index contributed by atoms with van der Waals surface area (Å²) in [6.07, 6.45) is 0. The lowest BCUT2D eigenvalue weighted by atomic mass is 10.2. The summed E-state index contributed by atoms with van der Waals surface area (Å²) in [6, 6.07) is 12.7. The maximum atomic E-state index is 12.5. The molecule has 0 aliphatic heterocycles. The van der Waals surface area contributed by atoms with Gasteiger partial charge in [-0.05, 0) is 37.3 Å². The highest BCUT2D eigenvalue weighted by atomic mass is 32.2. The van der Waals surface area contributed by atoms with Crippen molar-refractivity contribution < 1.29 is 22.7 Å². The van der Waals surface area contributed by atoms with Crippen molar-refractivity contribution in [2.24, 2.45) is 0 Å². The highest BCUT2D eigenvalue weighted by Gasteiger charge is 2.23. The first-order valence-corrected chi connectivity index (χ1v) is 9.44. The van der Waals surface area contributed by atoms with Crippen LogP contribution in [0.1, 0.15) is 15.9 Å². The lowest BCUT2D eigenvalue weighted by molar-refractivity contribution is -0.121. The van der Waals surface area contributed by atoms with Gasteiger partial charge in [0, 0.05) is 12.6 Å². The minimum atomic E-state index is -3.81. The Bertz CT molecular complexity index is 926. The SMILES string of the molecule is COc1cccc(C(=O)NNC(=O)CN(C)S(=O)(=O)c2ccc(C)cc2)c1. The topological polar surface area (TPSA) is 105 Å². The number of sulfonamides is 1. The van der Waals surface area contributed by atoms with Gasteiger partial charge in [0.1, 0.15) is 5.75 Å². The van der Waals surface area contributed by atoms with E-state index in [1.807, 2.05) is 6.92 Å². The fraction of sp³-hybridized carbons (Fsp3) is 0.222. The average molecular weight is 391 g/mol. The van der Waals surface area contributed by atoms with Crippen molar-refractivity contribution in [1.29, 1.82) is 0 Å². The van der Waals surface area contributed by atoms with Crippen LogP contribution in [0.15, 0.2) is 53.4 Å². The number of hydrogen-bond donors (Lipinski definition) is 2. The Labute approximate surface area is 158 Å². The van der Waals surface area contributed by atoms with Crippen molar-refractivity contribution >= 4 is 21.8 Å². The summed E-state index contributed by atoms with van der Waals surface area (Å²) in [4.78, 5) is 24.1. The number of methoxy groups -OCH3 is 1. The first-order valence-electron chi connectivity index (χ1n) is 8.00. The van der Waals surface area contributed by atoms with Gasteiger partial charge in [-0.3, -0.25) is 20.4 Å². The van der Waals surface area contributed by atoms with Gasteiger partial charge < -0.3 is 4.74 Å². The molecule has 0 radical (unpaired) electrons. The number of hydrogen-bond acceptors (Lipinski definition) is 5. The van der Waals surface area contributed by atoms with E-state index >= 15 is 0 Å². The molecule has 2 aromatic rings.